The molecule has 0 aliphatic carbocycles. The van der Waals surface area contributed by atoms with Crippen LogP contribution in [0.4, 0.5) is 0 Å². The average Bonchev–Trinajstić information content (AvgIpc) is 3.22. The Kier molecular flexibility index (Phi) is 4.40. The molecule has 0 spiro atoms. The third-order valence-electron chi connectivity index (χ3n) is 4.33. The third kappa shape index (κ3) is 3.28. The Balaban J connectivity index is 1.61. The lowest BCUT2D eigenvalue weighted by atomic mass is 10.0. The second kappa shape index (κ2) is 6.46. The number of aliphatic hydroxyl groups excluding tert-OH is 1. The zero-order valence-electron chi connectivity index (χ0n) is 13.0. The van der Waals surface area contributed by atoms with Crippen LogP contribution in [-0.2, 0) is 13.6 Å². The first-order chi connectivity index (χ1) is 10.7. The van der Waals surface area contributed by atoms with Crippen LogP contribution in [0.25, 0.3) is 6.20 Å². The smallest absolute Gasteiger partial charge is 0.0835 e. The van der Waals surface area contributed by atoms with E-state index in [1.165, 1.54) is 12.0 Å². The largest absolute Gasteiger partial charge is 0.388 e. The van der Waals surface area contributed by atoms with Gasteiger partial charge in [-0.1, -0.05) is 6.58 Å². The summed E-state index contributed by atoms with van der Waals surface area (Å²) in [4.78, 5) is 2.43. The number of aryl methyl sites for hydroxylation is 1. The summed E-state index contributed by atoms with van der Waals surface area (Å²) < 4.78 is 3.46. The maximum absolute atomic E-state index is 10.4. The predicted molar refractivity (Wildman–Crippen MR) is 84.8 cm³/mol. The van der Waals surface area contributed by atoms with Crippen molar-refractivity contribution in [2.45, 2.75) is 38.0 Å². The third-order valence-corrected chi connectivity index (χ3v) is 4.33. The van der Waals surface area contributed by atoms with E-state index in [-0.39, 0.29) is 0 Å². The molecule has 1 N–H and O–H groups in total. The van der Waals surface area contributed by atoms with E-state index in [1.807, 2.05) is 25.6 Å². The minimum atomic E-state index is -0.449. The normalized spacial score (nSPS) is 20.4. The number of nitrogens with zero attached hydrogens (tertiary/aromatic N) is 5. The lowest BCUT2D eigenvalue weighted by molar-refractivity contribution is 0.118. The summed E-state index contributed by atoms with van der Waals surface area (Å²) in [5.74, 6) is 0. The summed E-state index contributed by atoms with van der Waals surface area (Å²) in [7, 11) is 1.87. The molecule has 3 rings (SSSR count). The van der Waals surface area contributed by atoms with Gasteiger partial charge in [0, 0.05) is 49.4 Å². The van der Waals surface area contributed by atoms with E-state index < -0.39 is 6.10 Å². The van der Waals surface area contributed by atoms with E-state index in [9.17, 15) is 5.11 Å². The maximum atomic E-state index is 10.4. The fraction of sp³-hybridized carbons (Fsp3) is 0.500. The van der Waals surface area contributed by atoms with Crippen molar-refractivity contribution >= 4 is 6.20 Å². The molecule has 0 radical (unpaired) electrons. The van der Waals surface area contributed by atoms with Crippen LogP contribution in [-0.4, -0.2) is 42.2 Å². The SMILES string of the molecule is C=Cn1cc(CN2CCC[C@@H]2C[C@H](O)c2cnn(C)c2)cn1. The highest BCUT2D eigenvalue weighted by atomic mass is 16.3. The molecule has 0 bridgehead atoms. The second-order valence-corrected chi connectivity index (χ2v) is 5.98. The Labute approximate surface area is 130 Å². The van der Waals surface area contributed by atoms with Crippen LogP contribution >= 0.6 is 0 Å². The maximum Gasteiger partial charge on any atom is 0.0835 e. The Morgan fingerprint density at radius 2 is 2.27 bits per heavy atom. The van der Waals surface area contributed by atoms with Crippen molar-refractivity contribution in [2.24, 2.45) is 7.05 Å². The molecule has 118 valence electrons. The lowest BCUT2D eigenvalue weighted by Crippen LogP contribution is -2.30. The molecule has 1 saturated heterocycles. The molecular formula is C16H23N5O. The van der Waals surface area contributed by atoms with Gasteiger partial charge in [-0.3, -0.25) is 9.58 Å². The first kappa shape index (κ1) is 15.0. The van der Waals surface area contributed by atoms with E-state index >= 15 is 0 Å². The summed E-state index contributed by atoms with van der Waals surface area (Å²) in [6.45, 7) is 5.66. The van der Waals surface area contributed by atoms with Crippen LogP contribution in [0, 0.1) is 0 Å². The molecule has 1 fully saturated rings. The van der Waals surface area contributed by atoms with Crippen LogP contribution < -0.4 is 0 Å². The fourth-order valence-corrected chi connectivity index (χ4v) is 3.17. The average molecular weight is 301 g/mol. The molecule has 0 unspecified atom stereocenters. The Bertz CT molecular complexity index is 632. The van der Waals surface area contributed by atoms with E-state index in [4.69, 9.17) is 0 Å². The Hall–Kier alpha value is -1.92. The van der Waals surface area contributed by atoms with Gasteiger partial charge in [-0.15, -0.1) is 0 Å². The Morgan fingerprint density at radius 3 is 2.95 bits per heavy atom. The first-order valence-corrected chi connectivity index (χ1v) is 7.72. The van der Waals surface area contributed by atoms with Gasteiger partial charge in [0.2, 0.25) is 0 Å². The number of aliphatic hydroxyl groups is 1. The van der Waals surface area contributed by atoms with Crippen molar-refractivity contribution in [1.29, 1.82) is 0 Å². The van der Waals surface area contributed by atoms with Gasteiger partial charge in [-0.2, -0.15) is 10.2 Å². The van der Waals surface area contributed by atoms with Gasteiger partial charge in [0.25, 0.3) is 0 Å². The molecule has 1 aliphatic rings. The second-order valence-electron chi connectivity index (χ2n) is 5.98. The molecule has 1 aliphatic heterocycles. The summed E-state index contributed by atoms with van der Waals surface area (Å²) in [6.07, 6.45) is 11.8. The number of rotatable bonds is 6. The number of hydrogen-bond donors (Lipinski definition) is 1. The van der Waals surface area contributed by atoms with E-state index in [0.29, 0.717) is 6.04 Å². The van der Waals surface area contributed by atoms with Crippen molar-refractivity contribution < 1.29 is 5.11 Å². The van der Waals surface area contributed by atoms with Gasteiger partial charge in [0.1, 0.15) is 0 Å². The zero-order valence-corrected chi connectivity index (χ0v) is 13.0. The molecule has 2 aromatic heterocycles. The molecule has 2 atom stereocenters. The van der Waals surface area contributed by atoms with Crippen LogP contribution in [0.5, 0.6) is 0 Å². The van der Waals surface area contributed by atoms with Gasteiger partial charge in [-0.05, 0) is 25.8 Å². The quantitative estimate of drug-likeness (QED) is 0.884. The van der Waals surface area contributed by atoms with Crippen LogP contribution in [0.2, 0.25) is 0 Å². The van der Waals surface area contributed by atoms with Gasteiger partial charge in [0.05, 0.1) is 18.5 Å². The van der Waals surface area contributed by atoms with Crippen molar-refractivity contribution in [3.8, 4) is 0 Å². The topological polar surface area (TPSA) is 59.1 Å². The predicted octanol–water partition coefficient (Wildman–Crippen LogP) is 1.81. The van der Waals surface area contributed by atoms with E-state index in [1.54, 1.807) is 21.8 Å². The zero-order chi connectivity index (χ0) is 15.5. The molecule has 0 amide bonds. The van der Waals surface area contributed by atoms with E-state index in [0.717, 1.165) is 31.5 Å². The molecular weight excluding hydrogens is 278 g/mol. The fourth-order valence-electron chi connectivity index (χ4n) is 3.17. The van der Waals surface area contributed by atoms with Crippen molar-refractivity contribution in [3.63, 3.8) is 0 Å². The molecule has 3 heterocycles. The van der Waals surface area contributed by atoms with Crippen LogP contribution in [0.1, 0.15) is 36.5 Å². The van der Waals surface area contributed by atoms with Gasteiger partial charge in [-0.25, -0.2) is 4.68 Å². The molecule has 22 heavy (non-hydrogen) atoms. The number of likely N-dealkylation sites (tertiary alicyclic amines) is 1. The highest BCUT2D eigenvalue weighted by Gasteiger charge is 2.27. The van der Waals surface area contributed by atoms with Crippen LogP contribution in [0.15, 0.2) is 31.4 Å². The minimum absolute atomic E-state index is 0.405. The molecule has 6 heteroatoms. The monoisotopic (exact) mass is 301 g/mol. The van der Waals surface area contributed by atoms with Gasteiger partial charge < -0.3 is 5.11 Å². The minimum Gasteiger partial charge on any atom is -0.388 e. The van der Waals surface area contributed by atoms with Crippen molar-refractivity contribution in [3.05, 3.63) is 42.5 Å². The number of hydrogen-bond acceptors (Lipinski definition) is 4. The van der Waals surface area contributed by atoms with Gasteiger partial charge in [0.15, 0.2) is 0 Å². The van der Waals surface area contributed by atoms with Crippen molar-refractivity contribution in [1.82, 2.24) is 24.5 Å². The van der Waals surface area contributed by atoms with Crippen molar-refractivity contribution in [2.75, 3.05) is 6.54 Å². The molecule has 0 saturated carbocycles. The molecule has 2 aromatic rings. The lowest BCUT2D eigenvalue weighted by Gasteiger charge is -2.25. The van der Waals surface area contributed by atoms with Gasteiger partial charge >= 0.3 is 0 Å². The number of aromatic nitrogens is 4. The van der Waals surface area contributed by atoms with Crippen LogP contribution in [0.3, 0.4) is 0 Å². The summed E-state index contributed by atoms with van der Waals surface area (Å²) in [6, 6.07) is 0.405. The molecule has 0 aromatic carbocycles. The van der Waals surface area contributed by atoms with E-state index in [2.05, 4.69) is 21.7 Å². The summed E-state index contributed by atoms with van der Waals surface area (Å²) >= 11 is 0. The Morgan fingerprint density at radius 1 is 1.41 bits per heavy atom. The molecule has 6 nitrogen and oxygen atoms in total. The summed E-state index contributed by atoms with van der Waals surface area (Å²) in [5.41, 5.74) is 2.08. The first-order valence-electron chi connectivity index (χ1n) is 7.72. The summed E-state index contributed by atoms with van der Waals surface area (Å²) in [5, 5.41) is 18.8. The highest BCUT2D eigenvalue weighted by Crippen LogP contribution is 2.28. The highest BCUT2D eigenvalue weighted by molar-refractivity contribution is 5.18. The standard InChI is InChI=1S/C16H23N5O/c1-3-21-11-13(8-18-21)10-20-6-4-5-15(20)7-16(22)14-9-17-19(2)12-14/h3,8-9,11-12,15-16,22H,1,4-7,10H2,2H3/t15-,16+/m1/s1.